The number of halogens is 1. The normalized spacial score (nSPS) is 10.8. The molecule has 0 aromatic carbocycles. The third kappa shape index (κ3) is 4.36. The van der Waals surface area contributed by atoms with Gasteiger partial charge in [-0.05, 0) is 26.1 Å². The van der Waals surface area contributed by atoms with Gasteiger partial charge in [0.25, 0.3) is 0 Å². The van der Waals surface area contributed by atoms with Crippen molar-refractivity contribution in [1.82, 2.24) is 14.9 Å². The Morgan fingerprint density at radius 1 is 1.35 bits per heavy atom. The van der Waals surface area contributed by atoms with Crippen molar-refractivity contribution in [3.05, 3.63) is 11.3 Å². The molecular weight excluding hydrogens is 238 g/mol. The number of anilines is 2. The lowest BCUT2D eigenvalue weighted by atomic mass is 10.3. The molecule has 0 aliphatic heterocycles. The van der Waals surface area contributed by atoms with Crippen LogP contribution in [0.4, 0.5) is 11.6 Å². The minimum absolute atomic E-state index is 0.313. The van der Waals surface area contributed by atoms with Crippen molar-refractivity contribution < 1.29 is 0 Å². The summed E-state index contributed by atoms with van der Waals surface area (Å²) in [5.41, 5.74) is 5.58. The van der Waals surface area contributed by atoms with E-state index >= 15 is 0 Å². The van der Waals surface area contributed by atoms with Crippen LogP contribution in [0, 0.1) is 0 Å². The van der Waals surface area contributed by atoms with E-state index in [1.807, 2.05) is 0 Å². The number of hydrogen-bond donors (Lipinski definition) is 2. The smallest absolute Gasteiger partial charge is 0.150 e. The number of nitrogen functional groups attached to an aromatic ring is 1. The SMILES string of the molecule is CCN(CC)CCCNc1ncnc(N)c1Cl. The molecule has 1 heterocycles. The predicted molar refractivity (Wildman–Crippen MR) is 72.3 cm³/mol. The second-order valence-corrected chi connectivity index (χ2v) is 4.11. The number of nitrogens with zero attached hydrogens (tertiary/aromatic N) is 3. The van der Waals surface area contributed by atoms with Gasteiger partial charge in [0.1, 0.15) is 23.0 Å². The van der Waals surface area contributed by atoms with Gasteiger partial charge in [-0.25, -0.2) is 9.97 Å². The van der Waals surface area contributed by atoms with Crippen LogP contribution in [0.5, 0.6) is 0 Å². The van der Waals surface area contributed by atoms with Gasteiger partial charge in [0, 0.05) is 6.54 Å². The Bertz CT molecular complexity index is 341. The largest absolute Gasteiger partial charge is 0.382 e. The summed E-state index contributed by atoms with van der Waals surface area (Å²) in [7, 11) is 0. The van der Waals surface area contributed by atoms with E-state index in [1.54, 1.807) is 0 Å². The Morgan fingerprint density at radius 3 is 2.71 bits per heavy atom. The minimum atomic E-state index is 0.313. The summed E-state index contributed by atoms with van der Waals surface area (Å²) in [5.74, 6) is 0.923. The lowest BCUT2D eigenvalue weighted by molar-refractivity contribution is 0.303. The molecule has 0 amide bonds. The molecule has 0 saturated heterocycles. The van der Waals surface area contributed by atoms with Crippen LogP contribution in [-0.4, -0.2) is 41.0 Å². The van der Waals surface area contributed by atoms with Crippen molar-refractivity contribution >= 4 is 23.2 Å². The fourth-order valence-corrected chi connectivity index (χ4v) is 1.72. The molecule has 1 aromatic heterocycles. The number of hydrogen-bond acceptors (Lipinski definition) is 5. The fourth-order valence-electron chi connectivity index (χ4n) is 1.56. The van der Waals surface area contributed by atoms with Gasteiger partial charge in [0.05, 0.1) is 0 Å². The highest BCUT2D eigenvalue weighted by molar-refractivity contribution is 6.35. The second-order valence-electron chi connectivity index (χ2n) is 3.73. The van der Waals surface area contributed by atoms with Crippen LogP contribution >= 0.6 is 11.6 Å². The van der Waals surface area contributed by atoms with Gasteiger partial charge in [-0.1, -0.05) is 25.4 Å². The third-order valence-electron chi connectivity index (χ3n) is 2.65. The van der Waals surface area contributed by atoms with E-state index in [0.29, 0.717) is 16.7 Å². The van der Waals surface area contributed by atoms with Crippen LogP contribution in [0.3, 0.4) is 0 Å². The van der Waals surface area contributed by atoms with Gasteiger partial charge < -0.3 is 16.0 Å². The van der Waals surface area contributed by atoms with Crippen LogP contribution in [0.25, 0.3) is 0 Å². The third-order valence-corrected chi connectivity index (χ3v) is 3.03. The summed E-state index contributed by atoms with van der Waals surface area (Å²) in [6, 6.07) is 0. The first-order valence-electron chi connectivity index (χ1n) is 5.91. The summed E-state index contributed by atoms with van der Waals surface area (Å²) >= 11 is 5.97. The molecule has 96 valence electrons. The molecule has 17 heavy (non-hydrogen) atoms. The summed E-state index contributed by atoms with van der Waals surface area (Å²) in [5, 5.41) is 3.57. The topological polar surface area (TPSA) is 67.1 Å². The monoisotopic (exact) mass is 257 g/mol. The van der Waals surface area contributed by atoms with Gasteiger partial charge in [-0.2, -0.15) is 0 Å². The number of nitrogens with one attached hydrogen (secondary N) is 1. The van der Waals surface area contributed by atoms with Gasteiger partial charge in [-0.15, -0.1) is 0 Å². The summed E-state index contributed by atoms with van der Waals surface area (Å²) in [6.45, 7) is 8.39. The average Bonchev–Trinajstić information content (AvgIpc) is 2.34. The predicted octanol–water partition coefficient (Wildman–Crippen LogP) is 1.86. The first-order chi connectivity index (χ1) is 8.19. The maximum absolute atomic E-state index is 5.97. The summed E-state index contributed by atoms with van der Waals surface area (Å²) < 4.78 is 0. The average molecular weight is 258 g/mol. The van der Waals surface area contributed by atoms with Crippen LogP contribution in [0.1, 0.15) is 20.3 Å². The summed E-state index contributed by atoms with van der Waals surface area (Å²) in [6.07, 6.45) is 2.45. The highest BCUT2D eigenvalue weighted by atomic mass is 35.5. The molecule has 0 aliphatic rings. The number of nitrogens with two attached hydrogens (primary N) is 1. The van der Waals surface area contributed by atoms with E-state index in [0.717, 1.165) is 32.6 Å². The summed E-state index contributed by atoms with van der Waals surface area (Å²) in [4.78, 5) is 10.2. The molecule has 0 fully saturated rings. The van der Waals surface area contributed by atoms with E-state index in [-0.39, 0.29) is 0 Å². The molecular formula is C11H20ClN5. The molecule has 1 rings (SSSR count). The number of aromatic nitrogens is 2. The molecule has 0 unspecified atom stereocenters. The highest BCUT2D eigenvalue weighted by Crippen LogP contribution is 2.22. The van der Waals surface area contributed by atoms with Crippen LogP contribution in [0.2, 0.25) is 5.02 Å². The first kappa shape index (κ1) is 14.0. The van der Waals surface area contributed by atoms with Crippen molar-refractivity contribution in [2.45, 2.75) is 20.3 Å². The van der Waals surface area contributed by atoms with E-state index in [9.17, 15) is 0 Å². The molecule has 0 spiro atoms. The molecule has 6 heteroatoms. The van der Waals surface area contributed by atoms with E-state index in [2.05, 4.69) is 34.0 Å². The van der Waals surface area contributed by atoms with Gasteiger partial charge in [0.15, 0.2) is 0 Å². The van der Waals surface area contributed by atoms with Crippen LogP contribution < -0.4 is 11.1 Å². The maximum atomic E-state index is 5.97. The van der Waals surface area contributed by atoms with Gasteiger partial charge in [0.2, 0.25) is 0 Å². The van der Waals surface area contributed by atoms with Crippen LogP contribution in [-0.2, 0) is 0 Å². The van der Waals surface area contributed by atoms with Crippen molar-refractivity contribution in [3.63, 3.8) is 0 Å². The van der Waals surface area contributed by atoms with Crippen LogP contribution in [0.15, 0.2) is 6.33 Å². The lowest BCUT2D eigenvalue weighted by Gasteiger charge is -2.17. The molecule has 0 bridgehead atoms. The Morgan fingerprint density at radius 2 is 2.06 bits per heavy atom. The molecule has 0 atom stereocenters. The molecule has 0 radical (unpaired) electrons. The second kappa shape index (κ2) is 7.29. The van der Waals surface area contributed by atoms with Crippen molar-refractivity contribution in [2.75, 3.05) is 37.2 Å². The fraction of sp³-hybridized carbons (Fsp3) is 0.636. The van der Waals surface area contributed by atoms with Crippen molar-refractivity contribution in [3.8, 4) is 0 Å². The van der Waals surface area contributed by atoms with E-state index < -0.39 is 0 Å². The molecule has 5 nitrogen and oxygen atoms in total. The molecule has 0 saturated carbocycles. The molecule has 1 aromatic rings. The van der Waals surface area contributed by atoms with E-state index in [4.69, 9.17) is 17.3 Å². The van der Waals surface area contributed by atoms with Crippen molar-refractivity contribution in [1.29, 1.82) is 0 Å². The maximum Gasteiger partial charge on any atom is 0.150 e. The highest BCUT2D eigenvalue weighted by Gasteiger charge is 2.05. The van der Waals surface area contributed by atoms with Crippen molar-refractivity contribution in [2.24, 2.45) is 0 Å². The Hall–Kier alpha value is -1.07. The van der Waals surface area contributed by atoms with E-state index in [1.165, 1.54) is 6.33 Å². The zero-order valence-electron chi connectivity index (χ0n) is 10.4. The molecule has 3 N–H and O–H groups in total. The number of rotatable bonds is 7. The lowest BCUT2D eigenvalue weighted by Crippen LogP contribution is -2.25. The quantitative estimate of drug-likeness (QED) is 0.730. The van der Waals surface area contributed by atoms with Gasteiger partial charge in [-0.3, -0.25) is 0 Å². The standard InChI is InChI=1S/C11H20ClN5/c1-3-17(4-2)7-5-6-14-11-9(12)10(13)15-8-16-11/h8H,3-7H2,1-2H3,(H3,13,14,15,16). The Labute approximate surface area is 107 Å². The molecule has 0 aliphatic carbocycles. The Balaban J connectivity index is 2.33. The van der Waals surface area contributed by atoms with Gasteiger partial charge >= 0.3 is 0 Å². The Kier molecular flexibility index (Phi) is 6.00. The first-order valence-corrected chi connectivity index (χ1v) is 6.29. The zero-order valence-corrected chi connectivity index (χ0v) is 11.2. The zero-order chi connectivity index (χ0) is 12.7. The minimum Gasteiger partial charge on any atom is -0.382 e.